The molecule has 0 bridgehead atoms. The Morgan fingerprint density at radius 3 is 1.69 bits per heavy atom. The molecule has 11 heteroatoms. The van der Waals surface area contributed by atoms with Crippen LogP contribution in [0.5, 0.6) is 23.0 Å². The van der Waals surface area contributed by atoms with Gasteiger partial charge in [-0.05, 0) is 61.0 Å². The third-order valence-corrected chi connectivity index (χ3v) is 6.72. The summed E-state index contributed by atoms with van der Waals surface area (Å²) in [5.41, 5.74) is 13.8. The topological polar surface area (TPSA) is 118 Å². The predicted octanol–water partition coefficient (Wildman–Crippen LogP) is 9.00. The number of rotatable bonds is 7. The number of hydrogen-bond acceptors (Lipinski definition) is 6. The van der Waals surface area contributed by atoms with Gasteiger partial charge in [-0.15, -0.1) is 0 Å². The monoisotopic (exact) mass is 670 g/mol. The van der Waals surface area contributed by atoms with E-state index in [1.54, 1.807) is 24.3 Å². The molecular formula is C31H23BrCl2F2N4O2. The molecule has 4 rings (SSSR count). The van der Waals surface area contributed by atoms with Gasteiger partial charge in [0.15, 0.2) is 23.1 Å². The first kappa shape index (κ1) is 32.6. The fourth-order valence-electron chi connectivity index (χ4n) is 3.54. The van der Waals surface area contributed by atoms with Gasteiger partial charge in [0.25, 0.3) is 0 Å². The second-order valence-corrected chi connectivity index (χ2v) is 10.5. The molecule has 0 aliphatic carbocycles. The molecule has 4 aromatic carbocycles. The Morgan fingerprint density at radius 2 is 1.26 bits per heavy atom. The zero-order valence-electron chi connectivity index (χ0n) is 22.2. The number of nitrogens with zero attached hydrogens (tertiary/aromatic N) is 2. The lowest BCUT2D eigenvalue weighted by molar-refractivity contribution is 0.438. The van der Waals surface area contributed by atoms with Gasteiger partial charge in [0, 0.05) is 28.7 Å². The third kappa shape index (κ3) is 8.07. The predicted molar refractivity (Wildman–Crippen MR) is 163 cm³/mol. The molecule has 0 saturated carbocycles. The summed E-state index contributed by atoms with van der Waals surface area (Å²) < 4.78 is 40.1. The third-order valence-electron chi connectivity index (χ3n) is 5.67. The highest BCUT2D eigenvalue weighted by molar-refractivity contribution is 9.10. The lowest BCUT2D eigenvalue weighted by Gasteiger charge is -2.12. The van der Waals surface area contributed by atoms with Crippen LogP contribution >= 0.6 is 39.1 Å². The van der Waals surface area contributed by atoms with Crippen molar-refractivity contribution in [1.29, 1.82) is 10.5 Å². The van der Waals surface area contributed by atoms with Gasteiger partial charge in [0.05, 0.1) is 33.3 Å². The number of allylic oxidation sites excluding steroid dienone is 1. The van der Waals surface area contributed by atoms with Crippen molar-refractivity contribution in [3.8, 4) is 35.1 Å². The van der Waals surface area contributed by atoms with Crippen LogP contribution in [0.4, 0.5) is 8.78 Å². The number of halogens is 5. The number of benzene rings is 4. The molecule has 0 atom stereocenters. The van der Waals surface area contributed by atoms with Crippen molar-refractivity contribution >= 4 is 44.7 Å². The number of hydrogen-bond donors (Lipinski definition) is 2. The van der Waals surface area contributed by atoms with Gasteiger partial charge in [-0.1, -0.05) is 63.4 Å². The van der Waals surface area contributed by atoms with Crippen LogP contribution in [0.25, 0.3) is 5.57 Å². The molecule has 0 spiro atoms. The molecule has 214 valence electrons. The van der Waals surface area contributed by atoms with Crippen LogP contribution in [0, 0.1) is 34.3 Å². The van der Waals surface area contributed by atoms with E-state index >= 15 is 0 Å². The maximum Gasteiger partial charge on any atom is 0.181 e. The Hall–Kier alpha value is -3.96. The molecule has 0 fully saturated rings. The van der Waals surface area contributed by atoms with Crippen LogP contribution in [-0.4, -0.2) is 0 Å². The highest BCUT2D eigenvalue weighted by Gasteiger charge is 2.16. The van der Waals surface area contributed by atoms with E-state index in [2.05, 4.69) is 22.5 Å². The van der Waals surface area contributed by atoms with Crippen molar-refractivity contribution in [2.45, 2.75) is 20.0 Å². The summed E-state index contributed by atoms with van der Waals surface area (Å²) >= 11 is 15.2. The Labute approximate surface area is 260 Å². The Balaban J connectivity index is 0.000000231. The van der Waals surface area contributed by atoms with Gasteiger partial charge in [-0.3, -0.25) is 0 Å². The van der Waals surface area contributed by atoms with Crippen LogP contribution in [0.2, 0.25) is 10.0 Å². The molecule has 4 N–H and O–H groups in total. The molecular weight excluding hydrogens is 649 g/mol. The Kier molecular flexibility index (Phi) is 11.5. The summed E-state index contributed by atoms with van der Waals surface area (Å²) in [4.78, 5) is 0. The van der Waals surface area contributed by atoms with Crippen LogP contribution in [0.3, 0.4) is 0 Å². The Morgan fingerprint density at radius 1 is 0.810 bits per heavy atom. The van der Waals surface area contributed by atoms with Gasteiger partial charge >= 0.3 is 0 Å². The minimum Gasteiger partial charge on any atom is -0.453 e. The van der Waals surface area contributed by atoms with Gasteiger partial charge in [-0.25, -0.2) is 8.78 Å². The summed E-state index contributed by atoms with van der Waals surface area (Å²) in [6.07, 6.45) is 0. The average molecular weight is 672 g/mol. The zero-order valence-corrected chi connectivity index (χ0v) is 25.2. The standard InChI is InChI=1S/C17H14ClFN2O.C14H9BrClFN2O/c1-10(2)13-5-11(8-20)6-14(7-13)22-17-15(18)4-3-12(9-21)16(17)19;15-10-3-8(6-18)4-11(5-10)20-14-12(16)2-1-9(7-19)13(14)17/h3-7H,1,9,21H2,2H3;1-5H,7,19H2. The van der Waals surface area contributed by atoms with Crippen molar-refractivity contribution in [2.24, 2.45) is 11.5 Å². The van der Waals surface area contributed by atoms with Gasteiger partial charge in [0.2, 0.25) is 0 Å². The highest BCUT2D eigenvalue weighted by Crippen LogP contribution is 2.36. The van der Waals surface area contributed by atoms with Crippen molar-refractivity contribution in [2.75, 3.05) is 0 Å². The van der Waals surface area contributed by atoms with Gasteiger partial charge in [0.1, 0.15) is 11.5 Å². The molecule has 0 amide bonds. The summed E-state index contributed by atoms with van der Waals surface area (Å²) in [6, 6.07) is 19.7. The largest absolute Gasteiger partial charge is 0.453 e. The molecule has 42 heavy (non-hydrogen) atoms. The van der Waals surface area contributed by atoms with E-state index < -0.39 is 11.6 Å². The van der Waals surface area contributed by atoms with Crippen molar-refractivity contribution < 1.29 is 18.3 Å². The number of nitriles is 2. The first-order valence-corrected chi connectivity index (χ1v) is 13.7. The quantitative estimate of drug-likeness (QED) is 0.202. The second kappa shape index (κ2) is 14.8. The molecule has 0 aliphatic heterocycles. The average Bonchev–Trinajstić information content (AvgIpc) is 2.97. The SMILES string of the molecule is C=C(C)c1cc(C#N)cc(Oc2c(Cl)ccc(CN)c2F)c1.N#Cc1cc(Br)cc(Oc2c(Cl)ccc(CN)c2F)c1. The van der Waals surface area contributed by atoms with E-state index in [0.29, 0.717) is 38.2 Å². The maximum atomic E-state index is 14.3. The molecule has 6 nitrogen and oxygen atoms in total. The first-order chi connectivity index (χ1) is 20.0. The van der Waals surface area contributed by atoms with E-state index in [4.69, 9.17) is 54.7 Å². The van der Waals surface area contributed by atoms with Gasteiger partial charge < -0.3 is 20.9 Å². The molecule has 0 unspecified atom stereocenters. The van der Waals surface area contributed by atoms with Crippen LogP contribution in [0.1, 0.15) is 34.7 Å². The van der Waals surface area contributed by atoms with E-state index in [1.807, 2.05) is 19.1 Å². The zero-order chi connectivity index (χ0) is 31.0. The molecule has 0 heterocycles. The lowest BCUT2D eigenvalue weighted by atomic mass is 10.1. The van der Waals surface area contributed by atoms with E-state index in [1.165, 1.54) is 36.4 Å². The first-order valence-electron chi connectivity index (χ1n) is 12.1. The summed E-state index contributed by atoms with van der Waals surface area (Å²) in [5, 5.41) is 18.2. The number of ether oxygens (including phenoxy) is 2. The second-order valence-electron chi connectivity index (χ2n) is 8.74. The summed E-state index contributed by atoms with van der Waals surface area (Å²) in [6.45, 7) is 5.72. The van der Waals surface area contributed by atoms with E-state index in [-0.39, 0.29) is 34.6 Å². The normalized spacial score (nSPS) is 10.1. The fourth-order valence-corrected chi connectivity index (χ4v) is 4.38. The highest BCUT2D eigenvalue weighted by atomic mass is 79.9. The van der Waals surface area contributed by atoms with E-state index in [0.717, 1.165) is 11.1 Å². The summed E-state index contributed by atoms with van der Waals surface area (Å²) in [7, 11) is 0. The summed E-state index contributed by atoms with van der Waals surface area (Å²) in [5.74, 6) is -0.783. The number of nitrogens with two attached hydrogens (primary N) is 2. The molecule has 0 radical (unpaired) electrons. The molecule has 0 aliphatic rings. The van der Waals surface area contributed by atoms with Crippen molar-refractivity contribution in [3.05, 3.63) is 121 Å². The molecule has 0 aromatic heterocycles. The van der Waals surface area contributed by atoms with Crippen molar-refractivity contribution in [1.82, 2.24) is 0 Å². The van der Waals surface area contributed by atoms with E-state index in [9.17, 15) is 8.78 Å². The Bertz CT molecular complexity index is 1740. The minimum atomic E-state index is -0.603. The lowest BCUT2D eigenvalue weighted by Crippen LogP contribution is -2.02. The van der Waals surface area contributed by atoms with Crippen LogP contribution in [-0.2, 0) is 13.1 Å². The smallest absolute Gasteiger partial charge is 0.181 e. The van der Waals surface area contributed by atoms with Crippen LogP contribution < -0.4 is 20.9 Å². The van der Waals surface area contributed by atoms with Gasteiger partial charge in [-0.2, -0.15) is 10.5 Å². The minimum absolute atomic E-state index is 0.0363. The van der Waals surface area contributed by atoms with Crippen LogP contribution in [0.15, 0.2) is 71.7 Å². The van der Waals surface area contributed by atoms with Crippen molar-refractivity contribution in [3.63, 3.8) is 0 Å². The molecule has 4 aromatic rings. The fraction of sp³-hybridized carbons (Fsp3) is 0.0968. The maximum absolute atomic E-state index is 14.3. The molecule has 0 saturated heterocycles.